The van der Waals surface area contributed by atoms with Crippen molar-refractivity contribution in [3.05, 3.63) is 40.9 Å². The molecule has 0 radical (unpaired) electrons. The first-order valence-electron chi connectivity index (χ1n) is 9.35. The summed E-state index contributed by atoms with van der Waals surface area (Å²) in [4.78, 5) is 20.9. The van der Waals surface area contributed by atoms with Crippen LogP contribution in [0.5, 0.6) is 10.9 Å². The number of aromatic nitrogens is 4. The van der Waals surface area contributed by atoms with Gasteiger partial charge in [-0.1, -0.05) is 16.7 Å². The fraction of sp³-hybridized carbons (Fsp3) is 0.316. The van der Waals surface area contributed by atoms with Gasteiger partial charge in [-0.25, -0.2) is 4.98 Å². The smallest absolute Gasteiger partial charge is 0.387 e. The molecule has 1 atom stereocenters. The fourth-order valence-corrected chi connectivity index (χ4v) is 3.82. The Labute approximate surface area is 189 Å². The van der Waals surface area contributed by atoms with Crippen LogP contribution in [0.3, 0.4) is 0 Å². The monoisotopic (exact) mass is 483 g/mol. The van der Waals surface area contributed by atoms with E-state index in [1.165, 1.54) is 12.3 Å². The van der Waals surface area contributed by atoms with Gasteiger partial charge in [-0.05, 0) is 30.4 Å². The van der Waals surface area contributed by atoms with Crippen molar-refractivity contribution in [1.29, 1.82) is 0 Å². The largest absolute Gasteiger partial charge is 0.463 e. The van der Waals surface area contributed by atoms with E-state index in [1.54, 1.807) is 13.0 Å². The third-order valence-electron chi connectivity index (χ3n) is 4.41. The number of nitrogens with zero attached hydrogens (tertiary/aromatic N) is 4. The van der Waals surface area contributed by atoms with Crippen LogP contribution >= 0.6 is 22.9 Å². The maximum absolute atomic E-state index is 13.0. The fourth-order valence-electron chi connectivity index (χ4n) is 3.00. The van der Waals surface area contributed by atoms with Crippen molar-refractivity contribution < 1.29 is 27.8 Å². The first kappa shape index (κ1) is 22.2. The average molecular weight is 484 g/mol. The number of rotatable bonds is 7. The zero-order valence-electron chi connectivity index (χ0n) is 16.5. The second kappa shape index (κ2) is 9.67. The van der Waals surface area contributed by atoms with Crippen LogP contribution in [-0.4, -0.2) is 52.0 Å². The molecule has 4 heterocycles. The standard InChI is InChI=1S/C19H16ClF2N5O4S/c1-9-4-11(12-5-15(20)24-7-14(12)31-17(21)22)13(6-23-9)16(28)25-18-26-27-19(32-18)30-10-2-3-29-8-10/h4-7,10,17H,2-3,8H2,1H3,(H,25,26,28)/t10-/m1/s1. The highest BCUT2D eigenvalue weighted by molar-refractivity contribution is 7.17. The summed E-state index contributed by atoms with van der Waals surface area (Å²) in [7, 11) is 0. The minimum atomic E-state index is -3.08. The molecule has 0 spiro atoms. The zero-order valence-corrected chi connectivity index (χ0v) is 18.1. The van der Waals surface area contributed by atoms with Crippen LogP contribution in [0.4, 0.5) is 13.9 Å². The van der Waals surface area contributed by atoms with E-state index in [2.05, 4.69) is 30.2 Å². The van der Waals surface area contributed by atoms with Gasteiger partial charge in [-0.2, -0.15) is 8.78 Å². The Morgan fingerprint density at radius 2 is 2.12 bits per heavy atom. The lowest BCUT2D eigenvalue weighted by atomic mass is 10.0. The lowest BCUT2D eigenvalue weighted by Gasteiger charge is -2.14. The average Bonchev–Trinajstić information content (AvgIpc) is 3.41. The van der Waals surface area contributed by atoms with Gasteiger partial charge in [0.2, 0.25) is 5.13 Å². The van der Waals surface area contributed by atoms with Crippen LogP contribution in [-0.2, 0) is 4.74 Å². The molecule has 1 N–H and O–H groups in total. The number of amides is 1. The molecule has 1 fully saturated rings. The molecule has 0 aromatic carbocycles. The van der Waals surface area contributed by atoms with E-state index in [4.69, 9.17) is 21.1 Å². The highest BCUT2D eigenvalue weighted by atomic mass is 35.5. The third-order valence-corrected chi connectivity index (χ3v) is 5.34. The van der Waals surface area contributed by atoms with Crippen LogP contribution in [0.1, 0.15) is 22.5 Å². The topological polar surface area (TPSA) is 108 Å². The zero-order chi connectivity index (χ0) is 22.7. The molecule has 0 saturated carbocycles. The molecule has 9 nitrogen and oxygen atoms in total. The number of hydrogen-bond acceptors (Lipinski definition) is 9. The van der Waals surface area contributed by atoms with Crippen molar-refractivity contribution >= 4 is 34.0 Å². The van der Waals surface area contributed by atoms with E-state index in [9.17, 15) is 13.6 Å². The van der Waals surface area contributed by atoms with Crippen molar-refractivity contribution in [3.8, 4) is 22.1 Å². The third kappa shape index (κ3) is 5.26. The highest BCUT2D eigenvalue weighted by Crippen LogP contribution is 2.35. The van der Waals surface area contributed by atoms with Gasteiger partial charge < -0.3 is 14.2 Å². The Morgan fingerprint density at radius 3 is 2.88 bits per heavy atom. The van der Waals surface area contributed by atoms with Crippen LogP contribution in [0.15, 0.2) is 24.5 Å². The van der Waals surface area contributed by atoms with Gasteiger partial charge in [0.05, 0.1) is 25.0 Å². The number of ether oxygens (including phenoxy) is 3. The predicted molar refractivity (Wildman–Crippen MR) is 112 cm³/mol. The van der Waals surface area contributed by atoms with Gasteiger partial charge in [0.15, 0.2) is 5.75 Å². The van der Waals surface area contributed by atoms with Crippen LogP contribution in [0, 0.1) is 6.92 Å². The Morgan fingerprint density at radius 1 is 1.28 bits per heavy atom. The van der Waals surface area contributed by atoms with Gasteiger partial charge in [-0.15, -0.1) is 5.10 Å². The summed E-state index contributed by atoms with van der Waals surface area (Å²) >= 11 is 7.02. The van der Waals surface area contributed by atoms with E-state index in [0.717, 1.165) is 24.0 Å². The SMILES string of the molecule is Cc1cc(-c2cc(Cl)ncc2OC(F)F)c(C(=O)Nc2nnc(O[C@@H]3CCOC3)s2)cn1. The van der Waals surface area contributed by atoms with Gasteiger partial charge >= 0.3 is 6.61 Å². The number of carbonyl (C=O) groups is 1. The molecule has 3 aromatic rings. The maximum atomic E-state index is 13.0. The molecule has 1 amide bonds. The molecule has 1 aliphatic heterocycles. The number of hydrogen-bond donors (Lipinski definition) is 1. The molecule has 168 valence electrons. The second-order valence-electron chi connectivity index (χ2n) is 6.68. The summed E-state index contributed by atoms with van der Waals surface area (Å²) in [5, 5.41) is 11.0. The van der Waals surface area contributed by atoms with E-state index < -0.39 is 12.5 Å². The number of alkyl halides is 2. The number of aryl methyl sites for hydroxylation is 1. The Bertz CT molecular complexity index is 1130. The van der Waals surface area contributed by atoms with E-state index in [-0.39, 0.29) is 33.3 Å². The van der Waals surface area contributed by atoms with E-state index >= 15 is 0 Å². The Hall–Kier alpha value is -2.96. The number of carbonyl (C=O) groups excluding carboxylic acids is 1. The van der Waals surface area contributed by atoms with E-state index in [0.29, 0.717) is 29.7 Å². The second-order valence-corrected chi connectivity index (χ2v) is 8.01. The lowest BCUT2D eigenvalue weighted by Crippen LogP contribution is -2.15. The quantitative estimate of drug-likeness (QED) is 0.503. The summed E-state index contributed by atoms with van der Waals surface area (Å²) in [6, 6.07) is 2.90. The molecule has 3 aromatic heterocycles. The molecular formula is C19H16ClF2N5O4S. The van der Waals surface area contributed by atoms with Gasteiger partial charge in [0, 0.05) is 29.4 Å². The van der Waals surface area contributed by atoms with Gasteiger partial charge in [0.1, 0.15) is 11.3 Å². The van der Waals surface area contributed by atoms with Gasteiger partial charge in [-0.3, -0.25) is 15.1 Å². The summed E-state index contributed by atoms with van der Waals surface area (Å²) in [6.07, 6.45) is 3.04. The minimum Gasteiger partial charge on any atom is -0.463 e. The molecule has 0 bridgehead atoms. The molecule has 0 aliphatic carbocycles. The molecular weight excluding hydrogens is 468 g/mol. The molecule has 32 heavy (non-hydrogen) atoms. The molecule has 4 rings (SSSR count). The van der Waals surface area contributed by atoms with Crippen LogP contribution < -0.4 is 14.8 Å². The summed E-state index contributed by atoms with van der Waals surface area (Å²) in [6.45, 7) is -0.297. The Balaban J connectivity index is 1.61. The first-order valence-corrected chi connectivity index (χ1v) is 10.5. The van der Waals surface area contributed by atoms with Crippen LogP contribution in [0.25, 0.3) is 11.1 Å². The molecule has 1 aliphatic rings. The predicted octanol–water partition coefficient (Wildman–Crippen LogP) is 3.98. The number of anilines is 1. The maximum Gasteiger partial charge on any atom is 0.387 e. The van der Waals surface area contributed by atoms with Gasteiger partial charge in [0.25, 0.3) is 11.1 Å². The summed E-state index contributed by atoms with van der Waals surface area (Å²) < 4.78 is 41.2. The van der Waals surface area contributed by atoms with E-state index in [1.807, 2.05) is 0 Å². The molecule has 1 saturated heterocycles. The first-order chi connectivity index (χ1) is 15.4. The summed E-state index contributed by atoms with van der Waals surface area (Å²) in [5.41, 5.74) is 1.11. The number of nitrogens with one attached hydrogen (secondary N) is 1. The minimum absolute atomic E-state index is 0.0456. The molecule has 13 heteroatoms. The molecule has 0 unspecified atom stereocenters. The van der Waals surface area contributed by atoms with Crippen LogP contribution in [0.2, 0.25) is 5.15 Å². The number of halogens is 3. The van der Waals surface area contributed by atoms with Crippen molar-refractivity contribution in [1.82, 2.24) is 20.2 Å². The normalized spacial score (nSPS) is 15.7. The number of pyridine rings is 2. The van der Waals surface area contributed by atoms with Crippen molar-refractivity contribution in [3.63, 3.8) is 0 Å². The van der Waals surface area contributed by atoms with Crippen molar-refractivity contribution in [2.24, 2.45) is 0 Å². The summed E-state index contributed by atoms with van der Waals surface area (Å²) in [5.74, 6) is -0.801. The lowest BCUT2D eigenvalue weighted by molar-refractivity contribution is -0.0496. The van der Waals surface area contributed by atoms with Crippen molar-refractivity contribution in [2.45, 2.75) is 26.1 Å². The Kier molecular flexibility index (Phi) is 6.72. The highest BCUT2D eigenvalue weighted by Gasteiger charge is 2.22. The van der Waals surface area contributed by atoms with Crippen molar-refractivity contribution in [2.75, 3.05) is 18.5 Å².